The summed E-state index contributed by atoms with van der Waals surface area (Å²) in [6.07, 6.45) is 4.09. The minimum absolute atomic E-state index is 0.885. The van der Waals surface area contributed by atoms with E-state index in [1.165, 1.54) is 5.69 Å². The molecule has 0 bridgehead atoms. The van der Waals surface area contributed by atoms with E-state index in [4.69, 9.17) is 0 Å². The summed E-state index contributed by atoms with van der Waals surface area (Å²) < 4.78 is 4.20. The van der Waals surface area contributed by atoms with Gasteiger partial charge in [0.05, 0.1) is 25.5 Å². The number of hydrogen-bond acceptors (Lipinski definition) is 4. The SMILES string of the molecule is CCn1cc[n+](CC)c1N=Nc1ccc(N2CCNCC2)cc1. The third kappa shape index (κ3) is 3.59. The van der Waals surface area contributed by atoms with Gasteiger partial charge < -0.3 is 10.2 Å². The van der Waals surface area contributed by atoms with E-state index in [1.54, 1.807) is 0 Å². The lowest BCUT2D eigenvalue weighted by molar-refractivity contribution is -0.680. The second-order valence-electron chi connectivity index (χ2n) is 5.62. The van der Waals surface area contributed by atoms with Crippen LogP contribution in [0.15, 0.2) is 46.9 Å². The molecule has 1 aromatic heterocycles. The van der Waals surface area contributed by atoms with Crippen molar-refractivity contribution in [2.45, 2.75) is 26.9 Å². The quantitative estimate of drug-likeness (QED) is 0.681. The van der Waals surface area contributed by atoms with E-state index in [-0.39, 0.29) is 0 Å². The van der Waals surface area contributed by atoms with Crippen LogP contribution in [0.2, 0.25) is 0 Å². The first-order chi connectivity index (χ1) is 11.3. The van der Waals surface area contributed by atoms with E-state index in [9.17, 15) is 0 Å². The van der Waals surface area contributed by atoms with Crippen molar-refractivity contribution in [3.8, 4) is 0 Å². The lowest BCUT2D eigenvalue weighted by Gasteiger charge is -2.29. The predicted molar refractivity (Wildman–Crippen MR) is 91.7 cm³/mol. The summed E-state index contributed by atoms with van der Waals surface area (Å²) in [5, 5.41) is 12.2. The highest BCUT2D eigenvalue weighted by Gasteiger charge is 2.14. The van der Waals surface area contributed by atoms with Crippen LogP contribution in [0.1, 0.15) is 13.8 Å². The Kier molecular flexibility index (Phi) is 5.02. The zero-order valence-electron chi connectivity index (χ0n) is 13.9. The Labute approximate surface area is 137 Å². The number of aryl methyl sites for hydroxylation is 2. The number of benzene rings is 1. The van der Waals surface area contributed by atoms with E-state index in [0.717, 1.165) is 50.9 Å². The van der Waals surface area contributed by atoms with E-state index in [2.05, 4.69) is 55.6 Å². The van der Waals surface area contributed by atoms with Gasteiger partial charge in [-0.1, -0.05) is 5.11 Å². The van der Waals surface area contributed by atoms with Crippen LogP contribution in [-0.4, -0.2) is 30.7 Å². The Balaban J connectivity index is 1.74. The van der Waals surface area contributed by atoms with Gasteiger partial charge in [0.15, 0.2) is 0 Å². The summed E-state index contributed by atoms with van der Waals surface area (Å²) in [4.78, 5) is 2.39. The fraction of sp³-hybridized carbons (Fsp3) is 0.471. The van der Waals surface area contributed by atoms with Gasteiger partial charge in [0.1, 0.15) is 5.69 Å². The van der Waals surface area contributed by atoms with Crippen molar-refractivity contribution >= 4 is 17.3 Å². The monoisotopic (exact) mass is 313 g/mol. The molecule has 0 amide bonds. The first kappa shape index (κ1) is 15.7. The van der Waals surface area contributed by atoms with Crippen molar-refractivity contribution in [2.75, 3.05) is 31.1 Å². The largest absolute Gasteiger partial charge is 0.421 e. The van der Waals surface area contributed by atoms with Crippen LogP contribution >= 0.6 is 0 Å². The molecular weight excluding hydrogens is 288 g/mol. The Morgan fingerprint density at radius 2 is 1.83 bits per heavy atom. The van der Waals surface area contributed by atoms with Gasteiger partial charge in [0.2, 0.25) is 0 Å². The first-order valence-electron chi connectivity index (χ1n) is 8.38. The molecule has 0 aliphatic carbocycles. The van der Waals surface area contributed by atoms with Crippen molar-refractivity contribution in [3.05, 3.63) is 36.7 Å². The molecule has 1 aliphatic rings. The van der Waals surface area contributed by atoms with Crippen LogP contribution < -0.4 is 14.8 Å². The lowest BCUT2D eigenvalue weighted by atomic mass is 10.2. The molecule has 3 rings (SSSR count). The maximum Gasteiger partial charge on any atom is 0.421 e. The highest BCUT2D eigenvalue weighted by Crippen LogP contribution is 2.21. The molecule has 6 nitrogen and oxygen atoms in total. The molecule has 2 aromatic rings. The van der Waals surface area contributed by atoms with Gasteiger partial charge in [-0.05, 0) is 38.1 Å². The Hall–Kier alpha value is -2.21. The minimum atomic E-state index is 0.885. The summed E-state index contributed by atoms with van der Waals surface area (Å²) in [5.74, 6) is 0.890. The fourth-order valence-corrected chi connectivity index (χ4v) is 2.82. The lowest BCUT2D eigenvalue weighted by Crippen LogP contribution is -2.43. The van der Waals surface area contributed by atoms with E-state index >= 15 is 0 Å². The van der Waals surface area contributed by atoms with Crippen LogP contribution in [0.5, 0.6) is 0 Å². The van der Waals surface area contributed by atoms with Crippen LogP contribution in [0, 0.1) is 0 Å². The number of nitrogens with one attached hydrogen (secondary N) is 1. The molecule has 23 heavy (non-hydrogen) atoms. The number of piperazine rings is 1. The third-order valence-corrected chi connectivity index (χ3v) is 4.21. The smallest absolute Gasteiger partial charge is 0.369 e. The highest BCUT2D eigenvalue weighted by atomic mass is 15.3. The van der Waals surface area contributed by atoms with Gasteiger partial charge in [-0.25, -0.2) is 9.13 Å². The van der Waals surface area contributed by atoms with Gasteiger partial charge in [0.25, 0.3) is 0 Å². The molecule has 1 aromatic carbocycles. The van der Waals surface area contributed by atoms with Crippen molar-refractivity contribution in [1.29, 1.82) is 0 Å². The summed E-state index contributed by atoms with van der Waals surface area (Å²) >= 11 is 0. The number of anilines is 1. The average Bonchev–Trinajstić information content (AvgIpc) is 3.03. The Morgan fingerprint density at radius 1 is 1.09 bits per heavy atom. The minimum Gasteiger partial charge on any atom is -0.369 e. The number of azo groups is 1. The van der Waals surface area contributed by atoms with Crippen LogP contribution in [0.3, 0.4) is 0 Å². The summed E-state index contributed by atoms with van der Waals surface area (Å²) in [5.41, 5.74) is 2.14. The van der Waals surface area contributed by atoms with Gasteiger partial charge in [-0.2, -0.15) is 0 Å². The molecule has 1 saturated heterocycles. The van der Waals surface area contributed by atoms with E-state index < -0.39 is 0 Å². The molecule has 1 N–H and O–H groups in total. The summed E-state index contributed by atoms with van der Waals surface area (Å²) in [6, 6.07) is 8.34. The fourth-order valence-electron chi connectivity index (χ4n) is 2.82. The number of nitrogens with zero attached hydrogens (tertiary/aromatic N) is 5. The van der Waals surface area contributed by atoms with Crippen molar-refractivity contribution < 1.29 is 4.57 Å². The molecule has 122 valence electrons. The number of aromatic nitrogens is 2. The Morgan fingerprint density at radius 3 is 2.48 bits per heavy atom. The average molecular weight is 313 g/mol. The van der Waals surface area contributed by atoms with Gasteiger partial charge in [-0.15, -0.1) is 0 Å². The molecule has 0 spiro atoms. The third-order valence-electron chi connectivity index (χ3n) is 4.21. The van der Waals surface area contributed by atoms with Crippen molar-refractivity contribution in [1.82, 2.24) is 9.88 Å². The van der Waals surface area contributed by atoms with E-state index in [1.807, 2.05) is 24.5 Å². The second kappa shape index (κ2) is 7.37. The molecule has 0 saturated carbocycles. The van der Waals surface area contributed by atoms with E-state index in [0.29, 0.717) is 0 Å². The zero-order valence-corrected chi connectivity index (χ0v) is 13.9. The molecular formula is C17H25N6+. The maximum atomic E-state index is 4.45. The van der Waals surface area contributed by atoms with Crippen molar-refractivity contribution in [3.63, 3.8) is 0 Å². The molecule has 1 fully saturated rings. The Bertz CT molecular complexity index is 631. The molecule has 1 aliphatic heterocycles. The van der Waals surface area contributed by atoms with Crippen LogP contribution in [-0.2, 0) is 13.1 Å². The topological polar surface area (TPSA) is 48.8 Å². The molecule has 2 heterocycles. The second-order valence-corrected chi connectivity index (χ2v) is 5.62. The number of hydrogen-bond donors (Lipinski definition) is 1. The van der Waals surface area contributed by atoms with Gasteiger partial charge in [0, 0.05) is 37.0 Å². The summed E-state index contributed by atoms with van der Waals surface area (Å²) in [7, 11) is 0. The van der Waals surface area contributed by atoms with Gasteiger partial charge in [-0.3, -0.25) is 0 Å². The van der Waals surface area contributed by atoms with Gasteiger partial charge >= 0.3 is 5.95 Å². The number of rotatable bonds is 5. The number of imidazole rings is 1. The molecule has 0 unspecified atom stereocenters. The molecule has 0 radical (unpaired) electrons. The maximum absolute atomic E-state index is 4.45. The molecule has 6 heteroatoms. The zero-order chi connectivity index (χ0) is 16.1. The van der Waals surface area contributed by atoms with Crippen LogP contribution in [0.4, 0.5) is 17.3 Å². The van der Waals surface area contributed by atoms with Crippen molar-refractivity contribution in [2.24, 2.45) is 10.2 Å². The predicted octanol–water partition coefficient (Wildman–Crippen LogP) is 2.64. The normalized spacial score (nSPS) is 15.5. The molecule has 0 atom stereocenters. The highest BCUT2D eigenvalue weighted by molar-refractivity contribution is 5.53. The standard InChI is InChI=1S/C17H25N6/c1-3-21-13-14-22(4-2)17(21)20-19-15-5-7-16(8-6-15)23-11-9-18-10-12-23/h5-8,13-14,18H,3-4,9-12H2,1-2H3/q+1. The first-order valence-corrected chi connectivity index (χ1v) is 8.38. The van der Waals surface area contributed by atoms with Crippen LogP contribution in [0.25, 0.3) is 0 Å². The summed E-state index contributed by atoms with van der Waals surface area (Å²) in [6.45, 7) is 10.2.